The van der Waals surface area contributed by atoms with E-state index in [4.69, 9.17) is 4.74 Å². The fraction of sp³-hybridized carbons (Fsp3) is 0.188. The summed E-state index contributed by atoms with van der Waals surface area (Å²) >= 11 is 0. The van der Waals surface area contributed by atoms with Crippen LogP contribution >= 0.6 is 0 Å². The first kappa shape index (κ1) is 14.8. The first-order valence-electron chi connectivity index (χ1n) is 6.72. The van der Waals surface area contributed by atoms with Gasteiger partial charge < -0.3 is 4.74 Å². The van der Waals surface area contributed by atoms with Gasteiger partial charge in [-0.2, -0.15) is 0 Å². The number of carbonyl (C=O) groups excluding carboxylic acids is 1. The van der Waals surface area contributed by atoms with Crippen molar-refractivity contribution in [1.82, 2.24) is 5.43 Å². The predicted molar refractivity (Wildman–Crippen MR) is 79.3 cm³/mol. The Balaban J connectivity index is 1.60. The molecule has 0 unspecified atom stereocenters. The first-order chi connectivity index (χ1) is 10.2. The minimum Gasteiger partial charge on any atom is -0.494 e. The standard InChI is InChI=1S/C16H17FN2O2/c17-13-8-10-15(11-9-13)21-12-4-7-16(20)19-18-14-5-2-1-3-6-14/h1-3,5-6,8-11,18H,4,7,12H2,(H,19,20). The van der Waals surface area contributed by atoms with Gasteiger partial charge in [0.1, 0.15) is 11.6 Å². The lowest BCUT2D eigenvalue weighted by Gasteiger charge is -2.09. The summed E-state index contributed by atoms with van der Waals surface area (Å²) in [5.41, 5.74) is 6.27. The Morgan fingerprint density at radius 2 is 1.76 bits per heavy atom. The van der Waals surface area contributed by atoms with E-state index in [1.165, 1.54) is 12.1 Å². The molecule has 0 aliphatic rings. The average Bonchev–Trinajstić information content (AvgIpc) is 2.52. The number of rotatable bonds is 7. The van der Waals surface area contributed by atoms with E-state index in [0.29, 0.717) is 25.2 Å². The third-order valence-corrected chi connectivity index (χ3v) is 2.75. The predicted octanol–water partition coefficient (Wildman–Crippen LogP) is 3.13. The van der Waals surface area contributed by atoms with Crippen LogP contribution in [0.15, 0.2) is 54.6 Å². The number of halogens is 1. The third-order valence-electron chi connectivity index (χ3n) is 2.75. The minimum absolute atomic E-state index is 0.110. The molecule has 0 atom stereocenters. The fourth-order valence-corrected chi connectivity index (χ4v) is 1.68. The maximum Gasteiger partial charge on any atom is 0.238 e. The maximum atomic E-state index is 12.7. The highest BCUT2D eigenvalue weighted by molar-refractivity contribution is 5.77. The van der Waals surface area contributed by atoms with Gasteiger partial charge in [0.2, 0.25) is 5.91 Å². The van der Waals surface area contributed by atoms with Crippen molar-refractivity contribution < 1.29 is 13.9 Å². The highest BCUT2D eigenvalue weighted by atomic mass is 19.1. The zero-order chi connectivity index (χ0) is 14.9. The van der Waals surface area contributed by atoms with Gasteiger partial charge in [-0.15, -0.1) is 0 Å². The van der Waals surface area contributed by atoms with E-state index in [2.05, 4.69) is 10.9 Å². The molecule has 110 valence electrons. The van der Waals surface area contributed by atoms with E-state index in [1.54, 1.807) is 12.1 Å². The van der Waals surface area contributed by atoms with Crippen LogP contribution in [0.3, 0.4) is 0 Å². The van der Waals surface area contributed by atoms with E-state index < -0.39 is 0 Å². The molecular weight excluding hydrogens is 271 g/mol. The molecule has 2 aromatic rings. The van der Waals surface area contributed by atoms with Crippen LogP contribution in [0.25, 0.3) is 0 Å². The van der Waals surface area contributed by atoms with E-state index in [0.717, 1.165) is 5.69 Å². The molecule has 0 bridgehead atoms. The van der Waals surface area contributed by atoms with Crippen LogP contribution < -0.4 is 15.6 Å². The van der Waals surface area contributed by atoms with Crippen LogP contribution in [0.2, 0.25) is 0 Å². The number of ether oxygens (including phenoxy) is 1. The Morgan fingerprint density at radius 3 is 2.48 bits per heavy atom. The minimum atomic E-state index is -0.297. The molecule has 2 N–H and O–H groups in total. The molecule has 0 aliphatic heterocycles. The second-order valence-electron chi connectivity index (χ2n) is 4.45. The SMILES string of the molecule is O=C(CCCOc1ccc(F)cc1)NNc1ccccc1. The van der Waals surface area contributed by atoms with Crippen molar-refractivity contribution in [1.29, 1.82) is 0 Å². The molecule has 4 nitrogen and oxygen atoms in total. The van der Waals surface area contributed by atoms with E-state index in [9.17, 15) is 9.18 Å². The van der Waals surface area contributed by atoms with Crippen molar-refractivity contribution in [2.24, 2.45) is 0 Å². The topological polar surface area (TPSA) is 50.4 Å². The summed E-state index contributed by atoms with van der Waals surface area (Å²) in [6, 6.07) is 15.2. The molecular formula is C16H17FN2O2. The lowest BCUT2D eigenvalue weighted by atomic mass is 10.3. The number of hydrogen-bond donors (Lipinski definition) is 2. The summed E-state index contributed by atoms with van der Waals surface area (Å²) in [5.74, 6) is 0.189. The summed E-state index contributed by atoms with van der Waals surface area (Å²) in [5, 5.41) is 0. The lowest BCUT2D eigenvalue weighted by Crippen LogP contribution is -2.29. The molecule has 0 fully saturated rings. The maximum absolute atomic E-state index is 12.7. The molecule has 0 heterocycles. The number of benzene rings is 2. The van der Waals surface area contributed by atoms with Gasteiger partial charge in [-0.25, -0.2) is 4.39 Å². The van der Waals surface area contributed by atoms with Crippen LogP contribution in [0.5, 0.6) is 5.75 Å². The van der Waals surface area contributed by atoms with Crippen molar-refractivity contribution in [3.05, 3.63) is 60.4 Å². The molecule has 0 saturated heterocycles. The van der Waals surface area contributed by atoms with Gasteiger partial charge in [0.25, 0.3) is 0 Å². The normalized spacial score (nSPS) is 9.95. The van der Waals surface area contributed by atoms with Crippen molar-refractivity contribution >= 4 is 11.6 Å². The quantitative estimate of drug-likeness (QED) is 0.608. The van der Waals surface area contributed by atoms with Gasteiger partial charge in [0, 0.05) is 6.42 Å². The first-order valence-corrected chi connectivity index (χ1v) is 6.72. The monoisotopic (exact) mass is 288 g/mol. The summed E-state index contributed by atoms with van der Waals surface area (Å²) < 4.78 is 18.1. The summed E-state index contributed by atoms with van der Waals surface area (Å²) in [4.78, 5) is 11.6. The second kappa shape index (κ2) is 7.89. The van der Waals surface area contributed by atoms with Crippen molar-refractivity contribution in [2.45, 2.75) is 12.8 Å². The molecule has 0 aliphatic carbocycles. The van der Waals surface area contributed by atoms with Gasteiger partial charge in [0.05, 0.1) is 12.3 Å². The number of amides is 1. The van der Waals surface area contributed by atoms with Crippen LogP contribution in [0.4, 0.5) is 10.1 Å². The largest absolute Gasteiger partial charge is 0.494 e. The van der Waals surface area contributed by atoms with Crippen LogP contribution in [0, 0.1) is 5.82 Å². The third kappa shape index (κ3) is 5.52. The van der Waals surface area contributed by atoms with Crippen LogP contribution in [0.1, 0.15) is 12.8 Å². The molecule has 0 spiro atoms. The number of carbonyl (C=O) groups is 1. The van der Waals surface area contributed by atoms with Crippen LogP contribution in [-0.4, -0.2) is 12.5 Å². The Labute approximate surface area is 122 Å². The summed E-state index contributed by atoms with van der Waals surface area (Å²) in [6.45, 7) is 0.407. The van der Waals surface area contributed by atoms with Gasteiger partial charge in [-0.05, 0) is 42.8 Å². The second-order valence-corrected chi connectivity index (χ2v) is 4.45. The highest BCUT2D eigenvalue weighted by Gasteiger charge is 2.01. The zero-order valence-corrected chi connectivity index (χ0v) is 11.5. The van der Waals surface area contributed by atoms with Gasteiger partial charge in [-0.3, -0.25) is 15.6 Å². The van der Waals surface area contributed by atoms with Crippen molar-refractivity contribution in [2.75, 3.05) is 12.0 Å². The van der Waals surface area contributed by atoms with Gasteiger partial charge in [0.15, 0.2) is 0 Å². The van der Waals surface area contributed by atoms with E-state index >= 15 is 0 Å². The number of para-hydroxylation sites is 1. The molecule has 5 heteroatoms. The van der Waals surface area contributed by atoms with Crippen LogP contribution in [-0.2, 0) is 4.79 Å². The fourth-order valence-electron chi connectivity index (χ4n) is 1.68. The Hall–Kier alpha value is -2.56. The Morgan fingerprint density at radius 1 is 1.05 bits per heavy atom. The molecule has 0 radical (unpaired) electrons. The smallest absolute Gasteiger partial charge is 0.238 e. The van der Waals surface area contributed by atoms with Crippen molar-refractivity contribution in [3.63, 3.8) is 0 Å². The molecule has 21 heavy (non-hydrogen) atoms. The van der Waals surface area contributed by atoms with E-state index in [1.807, 2.05) is 30.3 Å². The number of hydrogen-bond acceptors (Lipinski definition) is 3. The molecule has 2 aromatic carbocycles. The summed E-state index contributed by atoms with van der Waals surface area (Å²) in [7, 11) is 0. The zero-order valence-electron chi connectivity index (χ0n) is 11.5. The highest BCUT2D eigenvalue weighted by Crippen LogP contribution is 2.11. The number of nitrogens with one attached hydrogen (secondary N) is 2. The Kier molecular flexibility index (Phi) is 5.58. The van der Waals surface area contributed by atoms with Gasteiger partial charge in [-0.1, -0.05) is 18.2 Å². The van der Waals surface area contributed by atoms with E-state index in [-0.39, 0.29) is 11.7 Å². The molecule has 0 saturated carbocycles. The average molecular weight is 288 g/mol. The summed E-state index contributed by atoms with van der Waals surface area (Å²) in [6.07, 6.45) is 0.931. The van der Waals surface area contributed by atoms with Crippen molar-refractivity contribution in [3.8, 4) is 5.75 Å². The molecule has 1 amide bonds. The molecule has 0 aromatic heterocycles. The van der Waals surface area contributed by atoms with Gasteiger partial charge >= 0.3 is 0 Å². The Bertz CT molecular complexity index is 558. The molecule has 2 rings (SSSR count). The number of hydrazine groups is 1. The number of anilines is 1. The lowest BCUT2D eigenvalue weighted by molar-refractivity contribution is -0.120.